The molecule has 6 nitrogen and oxygen atoms in total. The van der Waals surface area contributed by atoms with Gasteiger partial charge in [0, 0.05) is 26.1 Å². The smallest absolute Gasteiger partial charge is 0.191 e. The predicted octanol–water partition coefficient (Wildman–Crippen LogP) is 4.39. The molecule has 1 aromatic heterocycles. The molecule has 1 aromatic carbocycles. The van der Waals surface area contributed by atoms with E-state index in [9.17, 15) is 0 Å². The van der Waals surface area contributed by atoms with Crippen molar-refractivity contribution in [2.24, 2.45) is 4.99 Å². The average Bonchev–Trinajstić information content (AvgIpc) is 3.22. The Morgan fingerprint density at radius 1 is 1.07 bits per heavy atom. The highest BCUT2D eigenvalue weighted by molar-refractivity contribution is 14.0. The Balaban J connectivity index is 0.00000420. The van der Waals surface area contributed by atoms with E-state index in [4.69, 9.17) is 18.9 Å². The zero-order chi connectivity index (χ0) is 20.0. The van der Waals surface area contributed by atoms with Crippen LogP contribution in [0.1, 0.15) is 38.0 Å². The maximum Gasteiger partial charge on any atom is 0.191 e. The van der Waals surface area contributed by atoms with Crippen LogP contribution in [0.5, 0.6) is 5.75 Å². The van der Waals surface area contributed by atoms with Gasteiger partial charge in [0.25, 0.3) is 0 Å². The van der Waals surface area contributed by atoms with Crippen LogP contribution >= 0.6 is 24.0 Å². The number of halogens is 1. The molecule has 1 heterocycles. The van der Waals surface area contributed by atoms with Crippen molar-refractivity contribution < 1.29 is 13.9 Å². The molecule has 0 saturated carbocycles. The van der Waals surface area contributed by atoms with Crippen molar-refractivity contribution in [2.45, 2.75) is 45.8 Å². The zero-order valence-corrected chi connectivity index (χ0v) is 20.0. The summed E-state index contributed by atoms with van der Waals surface area (Å²) in [7, 11) is 1.67. The third-order valence-corrected chi connectivity index (χ3v) is 4.14. The summed E-state index contributed by atoms with van der Waals surface area (Å²) < 4.78 is 16.2. The van der Waals surface area contributed by atoms with E-state index < -0.39 is 0 Å². The third-order valence-electron chi connectivity index (χ3n) is 4.14. The highest BCUT2D eigenvalue weighted by atomic mass is 127. The molecule has 7 heteroatoms. The molecule has 0 bridgehead atoms. The van der Waals surface area contributed by atoms with Gasteiger partial charge in [0.1, 0.15) is 11.5 Å². The minimum absolute atomic E-state index is 0. The fourth-order valence-corrected chi connectivity index (χ4v) is 2.59. The van der Waals surface area contributed by atoms with Crippen molar-refractivity contribution in [3.8, 4) is 5.75 Å². The molecule has 29 heavy (non-hydrogen) atoms. The van der Waals surface area contributed by atoms with Gasteiger partial charge in [0.05, 0.1) is 26.0 Å². The highest BCUT2D eigenvalue weighted by Crippen LogP contribution is 2.11. The number of unbranched alkanes of at least 4 members (excludes halogenated alkanes) is 1. The summed E-state index contributed by atoms with van der Waals surface area (Å²) in [4.78, 5) is 4.71. The van der Waals surface area contributed by atoms with Gasteiger partial charge >= 0.3 is 0 Å². The van der Waals surface area contributed by atoms with Gasteiger partial charge in [-0.05, 0) is 56.5 Å². The van der Waals surface area contributed by atoms with Gasteiger partial charge in [-0.15, -0.1) is 24.0 Å². The molecule has 2 N–H and O–H groups in total. The summed E-state index contributed by atoms with van der Waals surface area (Å²) in [6.45, 7) is 7.14. The standard InChI is InChI=1S/C22H33N3O3.HI/c1-18(2)27-15-5-4-13-23-22(24-14-12-21-7-6-16-28-21)25-17-19-8-10-20(26-3)11-9-19;/h6-11,16,18H,4-5,12-15,17H2,1-3H3,(H2,23,24,25);1H. The number of methoxy groups -OCH3 is 1. The molecule has 0 spiro atoms. The lowest BCUT2D eigenvalue weighted by Crippen LogP contribution is -2.39. The van der Waals surface area contributed by atoms with Crippen LogP contribution in [0.4, 0.5) is 0 Å². The summed E-state index contributed by atoms with van der Waals surface area (Å²) in [5.74, 6) is 2.63. The Labute approximate surface area is 191 Å². The summed E-state index contributed by atoms with van der Waals surface area (Å²) >= 11 is 0. The molecular weight excluding hydrogens is 481 g/mol. The molecule has 0 aliphatic heterocycles. The highest BCUT2D eigenvalue weighted by Gasteiger charge is 2.02. The van der Waals surface area contributed by atoms with Crippen LogP contribution in [-0.2, 0) is 17.7 Å². The van der Waals surface area contributed by atoms with Crippen molar-refractivity contribution in [1.82, 2.24) is 10.6 Å². The molecule has 2 aromatic rings. The molecule has 0 fully saturated rings. The van der Waals surface area contributed by atoms with E-state index in [1.54, 1.807) is 13.4 Å². The molecule has 0 radical (unpaired) electrons. The first-order valence-electron chi connectivity index (χ1n) is 9.96. The maximum absolute atomic E-state index is 5.59. The van der Waals surface area contributed by atoms with Crippen LogP contribution in [0.15, 0.2) is 52.1 Å². The first kappa shape index (κ1) is 25.3. The predicted molar refractivity (Wildman–Crippen MR) is 128 cm³/mol. The third kappa shape index (κ3) is 11.1. The Morgan fingerprint density at radius 2 is 1.83 bits per heavy atom. The second-order valence-corrected chi connectivity index (χ2v) is 6.82. The SMILES string of the molecule is COc1ccc(CN=C(NCCCCOC(C)C)NCCc2ccco2)cc1.I. The van der Waals surface area contributed by atoms with Gasteiger partial charge in [0.15, 0.2) is 5.96 Å². The average molecular weight is 515 g/mol. The number of ether oxygens (including phenoxy) is 2. The van der Waals surface area contributed by atoms with Gasteiger partial charge in [0.2, 0.25) is 0 Å². The van der Waals surface area contributed by atoms with Crippen LogP contribution in [0.3, 0.4) is 0 Å². The quantitative estimate of drug-likeness (QED) is 0.190. The molecule has 0 unspecified atom stereocenters. The first-order chi connectivity index (χ1) is 13.7. The minimum atomic E-state index is 0. The molecule has 162 valence electrons. The fraction of sp³-hybridized carbons (Fsp3) is 0.500. The molecule has 0 saturated heterocycles. The lowest BCUT2D eigenvalue weighted by molar-refractivity contribution is 0.0762. The molecule has 0 amide bonds. The Morgan fingerprint density at radius 3 is 2.48 bits per heavy atom. The van der Waals surface area contributed by atoms with Gasteiger partial charge in [-0.1, -0.05) is 12.1 Å². The van der Waals surface area contributed by atoms with Gasteiger partial charge in [-0.2, -0.15) is 0 Å². The van der Waals surface area contributed by atoms with Crippen LogP contribution in [-0.4, -0.2) is 38.9 Å². The van der Waals surface area contributed by atoms with Crippen LogP contribution in [0.25, 0.3) is 0 Å². The topological polar surface area (TPSA) is 68.0 Å². The summed E-state index contributed by atoms with van der Waals surface area (Å²) in [6, 6.07) is 11.9. The minimum Gasteiger partial charge on any atom is -0.497 e. The maximum atomic E-state index is 5.59. The van der Waals surface area contributed by atoms with Crippen molar-refractivity contribution in [3.05, 3.63) is 54.0 Å². The van der Waals surface area contributed by atoms with Gasteiger partial charge in [-0.25, -0.2) is 4.99 Å². The van der Waals surface area contributed by atoms with E-state index in [-0.39, 0.29) is 30.1 Å². The largest absolute Gasteiger partial charge is 0.497 e. The molecular formula is C22H34IN3O3. The number of hydrogen-bond donors (Lipinski definition) is 2. The Bertz CT molecular complexity index is 673. The number of furan rings is 1. The second kappa shape index (κ2) is 15.1. The number of guanidine groups is 1. The van der Waals surface area contributed by atoms with Crippen molar-refractivity contribution in [1.29, 1.82) is 0 Å². The number of hydrogen-bond acceptors (Lipinski definition) is 4. The molecule has 0 atom stereocenters. The van der Waals surface area contributed by atoms with E-state index in [1.165, 1.54) is 0 Å². The molecule has 0 aliphatic rings. The Kier molecular flexibility index (Phi) is 13.2. The second-order valence-electron chi connectivity index (χ2n) is 6.82. The normalized spacial score (nSPS) is 11.2. The van der Waals surface area contributed by atoms with E-state index in [0.717, 1.165) is 62.0 Å². The zero-order valence-electron chi connectivity index (χ0n) is 17.6. The summed E-state index contributed by atoms with van der Waals surface area (Å²) in [6.07, 6.45) is 4.87. The number of nitrogens with zero attached hydrogens (tertiary/aromatic N) is 1. The van der Waals surface area contributed by atoms with Crippen molar-refractivity contribution >= 4 is 29.9 Å². The van der Waals surface area contributed by atoms with Crippen molar-refractivity contribution in [2.75, 3.05) is 26.8 Å². The number of rotatable bonds is 12. The number of nitrogens with one attached hydrogen (secondary N) is 2. The van der Waals surface area contributed by atoms with Crippen LogP contribution < -0.4 is 15.4 Å². The lowest BCUT2D eigenvalue weighted by atomic mass is 10.2. The lowest BCUT2D eigenvalue weighted by Gasteiger charge is -2.13. The monoisotopic (exact) mass is 515 g/mol. The summed E-state index contributed by atoms with van der Waals surface area (Å²) in [5, 5.41) is 6.79. The van der Waals surface area contributed by atoms with Crippen LogP contribution in [0.2, 0.25) is 0 Å². The van der Waals surface area contributed by atoms with E-state index in [0.29, 0.717) is 6.54 Å². The van der Waals surface area contributed by atoms with E-state index >= 15 is 0 Å². The molecule has 2 rings (SSSR count). The number of aliphatic imine (C=N–C) groups is 1. The summed E-state index contributed by atoms with van der Waals surface area (Å²) in [5.41, 5.74) is 1.14. The first-order valence-corrected chi connectivity index (χ1v) is 9.96. The van der Waals surface area contributed by atoms with Gasteiger partial charge < -0.3 is 24.5 Å². The Hall–Kier alpha value is -1.74. The van der Waals surface area contributed by atoms with E-state index in [2.05, 4.69) is 24.5 Å². The van der Waals surface area contributed by atoms with Crippen LogP contribution in [0, 0.1) is 0 Å². The van der Waals surface area contributed by atoms with Crippen molar-refractivity contribution in [3.63, 3.8) is 0 Å². The molecule has 0 aliphatic carbocycles. The van der Waals surface area contributed by atoms with Gasteiger partial charge in [-0.3, -0.25) is 0 Å². The van der Waals surface area contributed by atoms with E-state index in [1.807, 2.05) is 36.4 Å². The number of benzene rings is 1. The fourth-order valence-electron chi connectivity index (χ4n) is 2.59.